The first-order valence-electron chi connectivity index (χ1n) is 6.93. The van der Waals surface area contributed by atoms with Crippen molar-refractivity contribution in [2.45, 2.75) is 18.5 Å². The number of nitrogens with zero attached hydrogens (tertiary/aromatic N) is 1. The van der Waals surface area contributed by atoms with E-state index in [-0.39, 0.29) is 12.5 Å². The zero-order valence-corrected chi connectivity index (χ0v) is 12.0. The van der Waals surface area contributed by atoms with Gasteiger partial charge in [0, 0.05) is 24.4 Å². The number of hydrogen-bond acceptors (Lipinski definition) is 2. The van der Waals surface area contributed by atoms with Crippen LogP contribution in [-0.4, -0.2) is 22.7 Å². The third kappa shape index (κ3) is 4.70. The van der Waals surface area contributed by atoms with Crippen LogP contribution in [0.15, 0.2) is 48.7 Å². The molecule has 1 heterocycles. The van der Waals surface area contributed by atoms with E-state index in [0.717, 1.165) is 12.1 Å². The molecule has 1 atom stereocenters. The van der Waals surface area contributed by atoms with Crippen LogP contribution < -0.4 is 5.32 Å². The van der Waals surface area contributed by atoms with Crippen LogP contribution >= 0.6 is 0 Å². The van der Waals surface area contributed by atoms with Gasteiger partial charge in [-0.25, -0.2) is 4.79 Å². The third-order valence-corrected chi connectivity index (χ3v) is 3.39. The first kappa shape index (κ1) is 16.8. The predicted octanol–water partition coefficient (Wildman–Crippen LogP) is 3.89. The normalized spacial score (nSPS) is 12.7. The molecule has 7 heteroatoms. The van der Waals surface area contributed by atoms with Gasteiger partial charge in [-0.3, -0.25) is 4.98 Å². The number of hydrogen-bond donors (Lipinski definition) is 2. The molecule has 23 heavy (non-hydrogen) atoms. The van der Waals surface area contributed by atoms with Crippen LogP contribution in [0.3, 0.4) is 0 Å². The molecule has 0 spiro atoms. The van der Waals surface area contributed by atoms with Crippen molar-refractivity contribution in [2.24, 2.45) is 0 Å². The van der Waals surface area contributed by atoms with Gasteiger partial charge in [-0.2, -0.15) is 13.2 Å². The number of carboxylic acid groups (broad SMARTS) is 1. The number of amides is 1. The molecule has 2 rings (SSSR count). The van der Waals surface area contributed by atoms with Crippen molar-refractivity contribution in [1.29, 1.82) is 0 Å². The first-order valence-corrected chi connectivity index (χ1v) is 6.93. The molecule has 0 saturated heterocycles. The summed E-state index contributed by atoms with van der Waals surface area (Å²) in [4.78, 5) is 14.8. The van der Waals surface area contributed by atoms with Gasteiger partial charge in [-0.05, 0) is 36.2 Å². The minimum Gasteiger partial charge on any atom is -0.465 e. The second kappa shape index (κ2) is 7.13. The summed E-state index contributed by atoms with van der Waals surface area (Å²) in [7, 11) is 0. The Hall–Kier alpha value is -2.57. The molecule has 1 aromatic carbocycles. The predicted molar refractivity (Wildman–Crippen MR) is 78.2 cm³/mol. The molecular formula is C16H15F3N2O2. The summed E-state index contributed by atoms with van der Waals surface area (Å²) in [6.45, 7) is 0.178. The highest BCUT2D eigenvalue weighted by Gasteiger charge is 2.30. The average Bonchev–Trinajstić information content (AvgIpc) is 2.51. The monoisotopic (exact) mass is 324 g/mol. The molecule has 0 aliphatic heterocycles. The number of aromatic nitrogens is 1. The lowest BCUT2D eigenvalue weighted by Crippen LogP contribution is -2.23. The van der Waals surface area contributed by atoms with Crippen molar-refractivity contribution >= 4 is 6.09 Å². The Morgan fingerprint density at radius 1 is 1.17 bits per heavy atom. The summed E-state index contributed by atoms with van der Waals surface area (Å²) in [5.41, 5.74) is 0.619. The van der Waals surface area contributed by atoms with E-state index in [2.05, 4.69) is 10.3 Å². The quantitative estimate of drug-likeness (QED) is 0.877. The van der Waals surface area contributed by atoms with E-state index in [0.29, 0.717) is 17.7 Å². The first-order chi connectivity index (χ1) is 10.9. The largest absolute Gasteiger partial charge is 0.465 e. The molecule has 0 saturated carbocycles. The van der Waals surface area contributed by atoms with E-state index in [4.69, 9.17) is 5.11 Å². The van der Waals surface area contributed by atoms with Crippen molar-refractivity contribution in [3.8, 4) is 0 Å². The molecule has 0 fully saturated rings. The lowest BCUT2D eigenvalue weighted by molar-refractivity contribution is -0.137. The maximum Gasteiger partial charge on any atom is 0.416 e. The second-order valence-electron chi connectivity index (χ2n) is 4.95. The summed E-state index contributed by atoms with van der Waals surface area (Å²) >= 11 is 0. The van der Waals surface area contributed by atoms with Crippen LogP contribution in [0.4, 0.5) is 18.0 Å². The van der Waals surface area contributed by atoms with Gasteiger partial charge >= 0.3 is 12.3 Å². The summed E-state index contributed by atoms with van der Waals surface area (Å²) in [5.74, 6) is -0.287. The topological polar surface area (TPSA) is 62.2 Å². The molecule has 1 amide bonds. The Bertz CT molecular complexity index is 643. The highest BCUT2D eigenvalue weighted by atomic mass is 19.4. The molecule has 122 valence electrons. The van der Waals surface area contributed by atoms with E-state index in [1.165, 1.54) is 12.1 Å². The highest BCUT2D eigenvalue weighted by molar-refractivity contribution is 5.64. The van der Waals surface area contributed by atoms with Crippen molar-refractivity contribution in [1.82, 2.24) is 10.3 Å². The number of alkyl halides is 3. The molecule has 1 aromatic heterocycles. The Labute approximate surface area is 131 Å². The molecule has 0 aliphatic carbocycles. The molecule has 4 nitrogen and oxygen atoms in total. The van der Waals surface area contributed by atoms with E-state index >= 15 is 0 Å². The second-order valence-corrected chi connectivity index (χ2v) is 4.95. The van der Waals surface area contributed by atoms with Gasteiger partial charge in [-0.15, -0.1) is 0 Å². The molecule has 0 aliphatic rings. The molecule has 2 aromatic rings. The van der Waals surface area contributed by atoms with E-state index < -0.39 is 17.8 Å². The lowest BCUT2D eigenvalue weighted by Gasteiger charge is -2.18. The number of pyridine rings is 1. The molecular weight excluding hydrogens is 309 g/mol. The number of carbonyl (C=O) groups is 1. The standard InChI is InChI=1S/C16H15F3N2O2/c17-16(18,19)12-6-4-11(5-7-12)13(8-10-21-15(22)23)14-3-1-2-9-20-14/h1-7,9,13,21H,8,10H2,(H,22,23). The smallest absolute Gasteiger partial charge is 0.416 e. The van der Waals surface area contributed by atoms with Crippen LogP contribution in [0.25, 0.3) is 0 Å². The fraction of sp³-hybridized carbons (Fsp3) is 0.250. The third-order valence-electron chi connectivity index (χ3n) is 3.39. The van der Waals surface area contributed by atoms with Gasteiger partial charge < -0.3 is 10.4 Å². The zero-order valence-electron chi connectivity index (χ0n) is 12.0. The Kier molecular flexibility index (Phi) is 5.20. The molecule has 2 N–H and O–H groups in total. The van der Waals surface area contributed by atoms with Crippen LogP contribution in [0.5, 0.6) is 0 Å². The number of halogens is 3. The zero-order chi connectivity index (χ0) is 16.9. The van der Waals surface area contributed by atoms with Crippen molar-refractivity contribution < 1.29 is 23.1 Å². The average molecular weight is 324 g/mol. The summed E-state index contributed by atoms with van der Waals surface area (Å²) < 4.78 is 37.9. The fourth-order valence-corrected chi connectivity index (χ4v) is 2.30. The molecule has 0 radical (unpaired) electrons. The Morgan fingerprint density at radius 3 is 2.39 bits per heavy atom. The minimum atomic E-state index is -4.39. The van der Waals surface area contributed by atoms with Crippen molar-refractivity contribution in [3.63, 3.8) is 0 Å². The summed E-state index contributed by atoms with van der Waals surface area (Å²) in [5, 5.41) is 10.9. The highest BCUT2D eigenvalue weighted by Crippen LogP contribution is 2.32. The van der Waals surface area contributed by atoms with Gasteiger partial charge in [0.05, 0.1) is 5.56 Å². The van der Waals surface area contributed by atoms with E-state index in [1.54, 1.807) is 24.4 Å². The minimum absolute atomic E-state index is 0.178. The van der Waals surface area contributed by atoms with Gasteiger partial charge in [0.25, 0.3) is 0 Å². The van der Waals surface area contributed by atoms with Crippen molar-refractivity contribution in [2.75, 3.05) is 6.54 Å². The summed E-state index contributed by atoms with van der Waals surface area (Å²) in [6, 6.07) is 10.1. The molecule has 0 bridgehead atoms. The van der Waals surface area contributed by atoms with E-state index in [1.807, 2.05) is 0 Å². The maximum atomic E-state index is 12.6. The van der Waals surface area contributed by atoms with Crippen molar-refractivity contribution in [3.05, 3.63) is 65.5 Å². The molecule has 1 unspecified atom stereocenters. The number of benzene rings is 1. The van der Waals surface area contributed by atoms with Gasteiger partial charge in [0.15, 0.2) is 0 Å². The van der Waals surface area contributed by atoms with Gasteiger partial charge in [-0.1, -0.05) is 18.2 Å². The lowest BCUT2D eigenvalue weighted by atomic mass is 9.91. The maximum absolute atomic E-state index is 12.6. The van der Waals surface area contributed by atoms with Gasteiger partial charge in [0.2, 0.25) is 0 Å². The Morgan fingerprint density at radius 2 is 1.87 bits per heavy atom. The fourth-order valence-electron chi connectivity index (χ4n) is 2.30. The number of rotatable bonds is 5. The summed E-state index contributed by atoms with van der Waals surface area (Å²) in [6.07, 6.45) is -3.53. The van der Waals surface area contributed by atoms with Crippen LogP contribution in [-0.2, 0) is 6.18 Å². The van der Waals surface area contributed by atoms with E-state index in [9.17, 15) is 18.0 Å². The van der Waals surface area contributed by atoms with Crippen LogP contribution in [0.2, 0.25) is 0 Å². The van der Waals surface area contributed by atoms with Crippen LogP contribution in [0.1, 0.15) is 29.2 Å². The van der Waals surface area contributed by atoms with Gasteiger partial charge in [0.1, 0.15) is 0 Å². The number of nitrogens with one attached hydrogen (secondary N) is 1. The van der Waals surface area contributed by atoms with Crippen LogP contribution in [0, 0.1) is 0 Å². The SMILES string of the molecule is O=C(O)NCCC(c1ccc(C(F)(F)F)cc1)c1ccccn1. The Balaban J connectivity index is 2.24.